The Hall–Kier alpha value is -2.32. The van der Waals surface area contributed by atoms with Crippen molar-refractivity contribution in [3.05, 3.63) is 29.8 Å². The highest BCUT2D eigenvalue weighted by Gasteiger charge is 2.30. The molecule has 1 heterocycles. The zero-order valence-electron chi connectivity index (χ0n) is 14.1. The number of urea groups is 1. The minimum Gasteiger partial charge on any atom is -0.343 e. The van der Waals surface area contributed by atoms with Crippen LogP contribution in [0.2, 0.25) is 0 Å². The summed E-state index contributed by atoms with van der Waals surface area (Å²) in [6.45, 7) is 0.445. The third-order valence-electron chi connectivity index (χ3n) is 4.18. The number of carbonyl (C=O) groups is 2. The molecule has 0 atom stereocenters. The number of halogens is 4. The number of benzene rings is 1. The van der Waals surface area contributed by atoms with Crippen LogP contribution in [0.4, 0.5) is 28.0 Å². The molecule has 2 rings (SSSR count). The van der Waals surface area contributed by atoms with Crippen molar-refractivity contribution in [1.82, 2.24) is 10.2 Å². The minimum absolute atomic E-state index is 0.0877. The predicted octanol–water partition coefficient (Wildman–Crippen LogP) is 3.57. The second kappa shape index (κ2) is 8.86. The number of nitrogens with zero attached hydrogens (tertiary/aromatic N) is 1. The Balaban J connectivity index is 1.76. The van der Waals surface area contributed by atoms with Gasteiger partial charge in [-0.1, -0.05) is 0 Å². The van der Waals surface area contributed by atoms with Gasteiger partial charge in [-0.05, 0) is 43.5 Å². The number of nitrogens with one attached hydrogen (secondary N) is 2. The number of rotatable bonds is 5. The molecular formula is C17H21F4N3O2. The zero-order chi connectivity index (χ0) is 19.2. The van der Waals surface area contributed by atoms with Gasteiger partial charge in [0, 0.05) is 31.2 Å². The minimum atomic E-state index is -4.42. The summed E-state index contributed by atoms with van der Waals surface area (Å²) >= 11 is 0. The highest BCUT2D eigenvalue weighted by atomic mass is 19.4. The van der Waals surface area contributed by atoms with E-state index < -0.39 is 24.4 Å². The maximum absolute atomic E-state index is 12.5. The molecule has 0 radical (unpaired) electrons. The molecule has 0 unspecified atom stereocenters. The van der Waals surface area contributed by atoms with E-state index in [-0.39, 0.29) is 30.5 Å². The van der Waals surface area contributed by atoms with Crippen molar-refractivity contribution in [2.75, 3.05) is 25.1 Å². The molecule has 1 fully saturated rings. The van der Waals surface area contributed by atoms with Gasteiger partial charge < -0.3 is 15.5 Å². The van der Waals surface area contributed by atoms with Crippen LogP contribution in [0.5, 0.6) is 0 Å². The summed E-state index contributed by atoms with van der Waals surface area (Å²) in [7, 11) is 0. The molecule has 26 heavy (non-hydrogen) atoms. The molecule has 0 saturated carbocycles. The van der Waals surface area contributed by atoms with Crippen LogP contribution in [0, 0.1) is 0 Å². The van der Waals surface area contributed by atoms with E-state index in [2.05, 4.69) is 10.6 Å². The lowest BCUT2D eigenvalue weighted by Crippen LogP contribution is -2.47. The summed E-state index contributed by atoms with van der Waals surface area (Å²) in [4.78, 5) is 25.4. The Labute approximate surface area is 148 Å². The largest absolute Gasteiger partial charge is 0.416 e. The molecule has 1 saturated heterocycles. The monoisotopic (exact) mass is 375 g/mol. The Morgan fingerprint density at radius 3 is 2.27 bits per heavy atom. The van der Waals surface area contributed by atoms with Gasteiger partial charge in [0.15, 0.2) is 0 Å². The van der Waals surface area contributed by atoms with Gasteiger partial charge >= 0.3 is 12.2 Å². The second-order valence-electron chi connectivity index (χ2n) is 6.12. The molecule has 1 aliphatic heterocycles. The maximum atomic E-state index is 12.5. The first kappa shape index (κ1) is 20.0. The van der Waals surface area contributed by atoms with E-state index in [0.717, 1.165) is 12.1 Å². The fraction of sp³-hybridized carbons (Fsp3) is 0.529. The van der Waals surface area contributed by atoms with Crippen LogP contribution in [-0.4, -0.2) is 42.6 Å². The third-order valence-corrected chi connectivity index (χ3v) is 4.18. The molecule has 5 nitrogen and oxygen atoms in total. The van der Waals surface area contributed by atoms with E-state index >= 15 is 0 Å². The highest BCUT2D eigenvalue weighted by Crippen LogP contribution is 2.29. The number of piperidine rings is 1. The van der Waals surface area contributed by atoms with Gasteiger partial charge in [-0.2, -0.15) is 13.2 Å². The molecule has 1 aliphatic rings. The van der Waals surface area contributed by atoms with Crippen molar-refractivity contribution >= 4 is 17.6 Å². The smallest absolute Gasteiger partial charge is 0.343 e. The Bertz CT molecular complexity index is 611. The topological polar surface area (TPSA) is 61.4 Å². The van der Waals surface area contributed by atoms with Crippen molar-refractivity contribution < 1.29 is 27.2 Å². The van der Waals surface area contributed by atoms with Crippen LogP contribution >= 0.6 is 0 Å². The molecule has 0 aromatic heterocycles. The van der Waals surface area contributed by atoms with Crippen molar-refractivity contribution in [2.24, 2.45) is 0 Å². The summed E-state index contributed by atoms with van der Waals surface area (Å²) in [5.41, 5.74) is -0.525. The fourth-order valence-corrected chi connectivity index (χ4v) is 2.74. The van der Waals surface area contributed by atoms with Gasteiger partial charge in [0.25, 0.3) is 0 Å². The Kier molecular flexibility index (Phi) is 6.82. The standard InChI is InChI=1S/C17H21F4N3O2/c18-9-1-2-15(25)24-10-7-14(8-11-24)23-16(26)22-13-5-3-12(4-6-13)17(19,20)21/h3-6,14H,1-2,7-11H2,(H2,22,23,26). The SMILES string of the molecule is O=C(Nc1ccc(C(F)(F)F)cc1)NC1CCN(C(=O)CCCF)CC1. The van der Waals surface area contributed by atoms with Crippen LogP contribution in [-0.2, 0) is 11.0 Å². The van der Waals surface area contributed by atoms with Gasteiger partial charge in [-0.15, -0.1) is 0 Å². The first-order valence-electron chi connectivity index (χ1n) is 8.38. The van der Waals surface area contributed by atoms with Gasteiger partial charge in [0.1, 0.15) is 0 Å². The molecule has 1 aromatic carbocycles. The number of hydrogen-bond acceptors (Lipinski definition) is 2. The Morgan fingerprint density at radius 1 is 1.12 bits per heavy atom. The summed E-state index contributed by atoms with van der Waals surface area (Å²) in [5, 5.41) is 5.23. The van der Waals surface area contributed by atoms with E-state index in [1.54, 1.807) is 4.90 Å². The number of amides is 3. The van der Waals surface area contributed by atoms with Crippen LogP contribution in [0.1, 0.15) is 31.2 Å². The first-order chi connectivity index (χ1) is 12.3. The number of carbonyl (C=O) groups excluding carboxylic acids is 2. The van der Waals surface area contributed by atoms with Crippen molar-refractivity contribution in [2.45, 2.75) is 37.9 Å². The number of alkyl halides is 4. The van der Waals surface area contributed by atoms with E-state index in [4.69, 9.17) is 0 Å². The highest BCUT2D eigenvalue weighted by molar-refractivity contribution is 5.89. The predicted molar refractivity (Wildman–Crippen MR) is 88.4 cm³/mol. The number of likely N-dealkylation sites (tertiary alicyclic amines) is 1. The van der Waals surface area contributed by atoms with Crippen LogP contribution < -0.4 is 10.6 Å². The Morgan fingerprint density at radius 2 is 1.73 bits per heavy atom. The molecule has 2 N–H and O–H groups in total. The zero-order valence-corrected chi connectivity index (χ0v) is 14.1. The lowest BCUT2D eigenvalue weighted by atomic mass is 10.0. The first-order valence-corrected chi connectivity index (χ1v) is 8.38. The fourth-order valence-electron chi connectivity index (χ4n) is 2.74. The lowest BCUT2D eigenvalue weighted by Gasteiger charge is -2.32. The third kappa shape index (κ3) is 5.89. The summed E-state index contributed by atoms with van der Waals surface area (Å²) in [5.74, 6) is -0.0877. The lowest BCUT2D eigenvalue weighted by molar-refractivity contribution is -0.137. The number of hydrogen-bond donors (Lipinski definition) is 2. The second-order valence-corrected chi connectivity index (χ2v) is 6.12. The van der Waals surface area contributed by atoms with Gasteiger partial charge in [-0.3, -0.25) is 9.18 Å². The molecule has 9 heteroatoms. The molecular weight excluding hydrogens is 354 g/mol. The van der Waals surface area contributed by atoms with Gasteiger partial charge in [-0.25, -0.2) is 4.79 Å². The molecule has 1 aromatic rings. The average Bonchev–Trinajstić information content (AvgIpc) is 2.60. The average molecular weight is 375 g/mol. The maximum Gasteiger partial charge on any atom is 0.416 e. The van der Waals surface area contributed by atoms with Crippen molar-refractivity contribution in [3.8, 4) is 0 Å². The quantitative estimate of drug-likeness (QED) is 0.773. The summed E-state index contributed by atoms with van der Waals surface area (Å²) in [6.07, 6.45) is -2.88. The van der Waals surface area contributed by atoms with E-state index in [0.29, 0.717) is 25.9 Å². The van der Waals surface area contributed by atoms with Gasteiger partial charge in [0.2, 0.25) is 5.91 Å². The van der Waals surface area contributed by atoms with Crippen molar-refractivity contribution in [3.63, 3.8) is 0 Å². The van der Waals surface area contributed by atoms with E-state index in [9.17, 15) is 27.2 Å². The van der Waals surface area contributed by atoms with Gasteiger partial charge in [0.05, 0.1) is 12.2 Å². The van der Waals surface area contributed by atoms with E-state index in [1.807, 2.05) is 0 Å². The van der Waals surface area contributed by atoms with E-state index in [1.165, 1.54) is 12.1 Å². The van der Waals surface area contributed by atoms with Crippen molar-refractivity contribution in [1.29, 1.82) is 0 Å². The van der Waals surface area contributed by atoms with Crippen LogP contribution in [0.3, 0.4) is 0 Å². The molecule has 0 spiro atoms. The molecule has 0 bridgehead atoms. The van der Waals surface area contributed by atoms with Crippen LogP contribution in [0.25, 0.3) is 0 Å². The molecule has 0 aliphatic carbocycles. The summed E-state index contributed by atoms with van der Waals surface area (Å²) < 4.78 is 49.6. The normalized spacial score (nSPS) is 15.6. The molecule has 144 valence electrons. The molecule has 3 amide bonds. The summed E-state index contributed by atoms with van der Waals surface area (Å²) in [6, 6.07) is 3.54. The number of anilines is 1. The van der Waals surface area contributed by atoms with Crippen LogP contribution in [0.15, 0.2) is 24.3 Å².